The van der Waals surface area contributed by atoms with Crippen LogP contribution in [0.2, 0.25) is 0 Å². The fourth-order valence-electron chi connectivity index (χ4n) is 3.53. The molecule has 0 radical (unpaired) electrons. The highest BCUT2D eigenvalue weighted by atomic mass is 19.1. The molecule has 1 saturated carbocycles. The fraction of sp³-hybridized carbons (Fsp3) is 0.611. The lowest BCUT2D eigenvalue weighted by Crippen LogP contribution is -2.48. The molecule has 1 aliphatic rings. The predicted molar refractivity (Wildman–Crippen MR) is 87.0 cm³/mol. The standard InChI is InChI=1S/C18H27FN2O/c1-17(2,12-20)13-21(3)16(22)18(9-4-5-10-18)14-7-6-8-15(19)11-14/h6-8,11H,4-5,9-10,12-13,20H2,1-3H3. The minimum Gasteiger partial charge on any atom is -0.344 e. The van der Waals surface area contributed by atoms with Gasteiger partial charge in [-0.25, -0.2) is 4.39 Å². The van der Waals surface area contributed by atoms with E-state index >= 15 is 0 Å². The predicted octanol–water partition coefficient (Wildman–Crippen LogP) is 3.08. The van der Waals surface area contributed by atoms with Crippen LogP contribution in [0.25, 0.3) is 0 Å². The summed E-state index contributed by atoms with van der Waals surface area (Å²) in [5, 5.41) is 0. The first-order chi connectivity index (χ1) is 10.3. The molecule has 1 aromatic rings. The van der Waals surface area contributed by atoms with E-state index in [1.54, 1.807) is 11.0 Å². The molecule has 22 heavy (non-hydrogen) atoms. The first-order valence-electron chi connectivity index (χ1n) is 8.02. The van der Waals surface area contributed by atoms with Crippen molar-refractivity contribution in [1.82, 2.24) is 4.90 Å². The molecule has 122 valence electrons. The van der Waals surface area contributed by atoms with Gasteiger partial charge in [-0.2, -0.15) is 0 Å². The summed E-state index contributed by atoms with van der Waals surface area (Å²) in [6, 6.07) is 6.53. The number of amides is 1. The van der Waals surface area contributed by atoms with Crippen LogP contribution in [-0.4, -0.2) is 30.9 Å². The van der Waals surface area contributed by atoms with Gasteiger partial charge in [0.15, 0.2) is 0 Å². The topological polar surface area (TPSA) is 46.3 Å². The highest BCUT2D eigenvalue weighted by molar-refractivity contribution is 5.88. The van der Waals surface area contributed by atoms with E-state index in [1.807, 2.05) is 13.1 Å². The molecule has 0 bridgehead atoms. The van der Waals surface area contributed by atoms with Crippen molar-refractivity contribution in [2.45, 2.75) is 44.9 Å². The number of carbonyl (C=O) groups is 1. The highest BCUT2D eigenvalue weighted by Gasteiger charge is 2.44. The monoisotopic (exact) mass is 306 g/mol. The Hall–Kier alpha value is -1.42. The fourth-order valence-corrected chi connectivity index (χ4v) is 3.53. The lowest BCUT2D eigenvalue weighted by atomic mass is 9.77. The quantitative estimate of drug-likeness (QED) is 0.908. The minimum absolute atomic E-state index is 0.0946. The molecule has 2 N–H and O–H groups in total. The van der Waals surface area contributed by atoms with Gasteiger partial charge in [0.25, 0.3) is 0 Å². The second-order valence-corrected chi connectivity index (χ2v) is 7.33. The summed E-state index contributed by atoms with van der Waals surface area (Å²) in [5.41, 5.74) is 5.91. The Balaban J connectivity index is 2.30. The molecular formula is C18H27FN2O. The van der Waals surface area contributed by atoms with Crippen molar-refractivity contribution in [2.75, 3.05) is 20.1 Å². The maximum Gasteiger partial charge on any atom is 0.232 e. The Morgan fingerprint density at radius 3 is 2.55 bits per heavy atom. The van der Waals surface area contributed by atoms with Crippen LogP contribution in [0, 0.1) is 11.2 Å². The molecule has 0 saturated heterocycles. The number of carbonyl (C=O) groups excluding carboxylic acids is 1. The molecule has 1 fully saturated rings. The van der Waals surface area contributed by atoms with Gasteiger partial charge in [0, 0.05) is 13.6 Å². The maximum absolute atomic E-state index is 13.6. The average Bonchev–Trinajstić information content (AvgIpc) is 2.96. The van der Waals surface area contributed by atoms with E-state index in [9.17, 15) is 9.18 Å². The molecule has 0 atom stereocenters. The number of hydrogen-bond acceptors (Lipinski definition) is 2. The molecule has 0 aliphatic heterocycles. The molecule has 1 amide bonds. The molecule has 0 unspecified atom stereocenters. The van der Waals surface area contributed by atoms with Crippen molar-refractivity contribution in [3.8, 4) is 0 Å². The number of benzene rings is 1. The number of halogens is 1. The molecule has 1 aliphatic carbocycles. The van der Waals surface area contributed by atoms with Crippen molar-refractivity contribution in [2.24, 2.45) is 11.1 Å². The molecule has 4 heteroatoms. The number of hydrogen-bond donors (Lipinski definition) is 1. The summed E-state index contributed by atoms with van der Waals surface area (Å²) in [5.74, 6) is -0.182. The van der Waals surface area contributed by atoms with E-state index in [0.29, 0.717) is 13.1 Å². The molecule has 0 aromatic heterocycles. The second-order valence-electron chi connectivity index (χ2n) is 7.33. The van der Waals surface area contributed by atoms with Gasteiger partial charge in [0.1, 0.15) is 5.82 Å². The second kappa shape index (κ2) is 6.37. The van der Waals surface area contributed by atoms with Gasteiger partial charge in [0.2, 0.25) is 5.91 Å². The van der Waals surface area contributed by atoms with Gasteiger partial charge < -0.3 is 10.6 Å². The SMILES string of the molecule is CN(CC(C)(C)CN)C(=O)C1(c2cccc(F)c2)CCCC1. The van der Waals surface area contributed by atoms with Gasteiger partial charge in [-0.1, -0.05) is 38.8 Å². The summed E-state index contributed by atoms with van der Waals surface area (Å²) in [7, 11) is 1.83. The summed E-state index contributed by atoms with van der Waals surface area (Å²) in [4.78, 5) is 14.9. The third-order valence-corrected chi connectivity index (χ3v) is 4.81. The molecule has 2 rings (SSSR count). The third-order valence-electron chi connectivity index (χ3n) is 4.81. The smallest absolute Gasteiger partial charge is 0.232 e. The zero-order chi connectivity index (χ0) is 16.4. The van der Waals surface area contributed by atoms with E-state index in [2.05, 4.69) is 13.8 Å². The summed E-state index contributed by atoms with van der Waals surface area (Å²) in [6.45, 7) is 5.25. The number of nitrogens with two attached hydrogens (primary N) is 1. The summed E-state index contributed by atoms with van der Waals surface area (Å²) < 4.78 is 13.6. The zero-order valence-corrected chi connectivity index (χ0v) is 13.9. The number of nitrogens with zero attached hydrogens (tertiary/aromatic N) is 1. The van der Waals surface area contributed by atoms with E-state index < -0.39 is 5.41 Å². The van der Waals surface area contributed by atoms with Crippen LogP contribution < -0.4 is 5.73 Å². The van der Waals surface area contributed by atoms with Gasteiger partial charge >= 0.3 is 0 Å². The van der Waals surface area contributed by atoms with Gasteiger partial charge in [-0.3, -0.25) is 4.79 Å². The van der Waals surface area contributed by atoms with E-state index in [-0.39, 0.29) is 17.1 Å². The zero-order valence-electron chi connectivity index (χ0n) is 13.9. The van der Waals surface area contributed by atoms with E-state index in [1.165, 1.54) is 12.1 Å². The number of likely N-dealkylation sites (N-methyl/N-ethyl adjacent to an activating group) is 1. The average molecular weight is 306 g/mol. The minimum atomic E-state index is -0.568. The Morgan fingerprint density at radius 1 is 1.36 bits per heavy atom. The molecular weight excluding hydrogens is 279 g/mol. The molecule has 0 spiro atoms. The van der Waals surface area contributed by atoms with Crippen LogP contribution in [0.5, 0.6) is 0 Å². The molecule has 0 heterocycles. The van der Waals surface area contributed by atoms with Crippen LogP contribution in [-0.2, 0) is 10.2 Å². The van der Waals surface area contributed by atoms with Crippen LogP contribution >= 0.6 is 0 Å². The molecule has 3 nitrogen and oxygen atoms in total. The summed E-state index contributed by atoms with van der Waals surface area (Å²) >= 11 is 0. The van der Waals surface area contributed by atoms with Crippen LogP contribution in [0.15, 0.2) is 24.3 Å². The maximum atomic E-state index is 13.6. The largest absolute Gasteiger partial charge is 0.344 e. The highest BCUT2D eigenvalue weighted by Crippen LogP contribution is 2.43. The van der Waals surface area contributed by atoms with E-state index in [0.717, 1.165) is 31.2 Å². The van der Waals surface area contributed by atoms with Crippen molar-refractivity contribution in [1.29, 1.82) is 0 Å². The Morgan fingerprint density at radius 2 is 2.00 bits per heavy atom. The van der Waals surface area contributed by atoms with Gasteiger partial charge in [-0.05, 0) is 42.5 Å². The van der Waals surface area contributed by atoms with Gasteiger partial charge in [0.05, 0.1) is 5.41 Å². The third kappa shape index (κ3) is 3.32. The van der Waals surface area contributed by atoms with Crippen LogP contribution in [0.1, 0.15) is 45.1 Å². The Labute approximate surface area is 132 Å². The van der Waals surface area contributed by atoms with E-state index in [4.69, 9.17) is 5.73 Å². The first kappa shape index (κ1) is 16.9. The lowest BCUT2D eigenvalue weighted by molar-refractivity contribution is -0.137. The van der Waals surface area contributed by atoms with Crippen LogP contribution in [0.4, 0.5) is 4.39 Å². The normalized spacial score (nSPS) is 17.5. The van der Waals surface area contributed by atoms with Crippen molar-refractivity contribution >= 4 is 5.91 Å². The first-order valence-corrected chi connectivity index (χ1v) is 8.02. The number of rotatable bonds is 5. The molecule has 1 aromatic carbocycles. The van der Waals surface area contributed by atoms with Gasteiger partial charge in [-0.15, -0.1) is 0 Å². The van der Waals surface area contributed by atoms with Crippen LogP contribution in [0.3, 0.4) is 0 Å². The lowest BCUT2D eigenvalue weighted by Gasteiger charge is -2.36. The van der Waals surface area contributed by atoms with Crippen molar-refractivity contribution < 1.29 is 9.18 Å². The Kier molecular flexibility index (Phi) is 4.90. The van der Waals surface area contributed by atoms with Crippen molar-refractivity contribution in [3.05, 3.63) is 35.6 Å². The Bertz CT molecular complexity index is 536. The van der Waals surface area contributed by atoms with Crippen molar-refractivity contribution in [3.63, 3.8) is 0 Å². The summed E-state index contributed by atoms with van der Waals surface area (Å²) in [6.07, 6.45) is 3.61.